The first kappa shape index (κ1) is 13.0. The Morgan fingerprint density at radius 2 is 2.00 bits per heavy atom. The van der Waals surface area contributed by atoms with E-state index in [0.29, 0.717) is 0 Å². The third kappa shape index (κ3) is 2.70. The molecule has 0 radical (unpaired) electrons. The zero-order valence-corrected chi connectivity index (χ0v) is 12.2. The van der Waals surface area contributed by atoms with Crippen LogP contribution in [-0.4, -0.2) is 15.2 Å². The van der Waals surface area contributed by atoms with Gasteiger partial charge in [0.15, 0.2) is 0 Å². The Morgan fingerprint density at radius 1 is 1.28 bits per heavy atom. The smallest absolute Gasteiger partial charge is 0.240 e. The molecule has 1 heterocycles. The Balaban J connectivity index is 2.45. The number of carbonyl (C=O) groups is 1. The predicted octanol–water partition coefficient (Wildman–Crippen LogP) is 3.66. The summed E-state index contributed by atoms with van der Waals surface area (Å²) >= 11 is 3.35. The van der Waals surface area contributed by atoms with E-state index in [1.807, 2.05) is 51.1 Å². The fourth-order valence-corrected chi connectivity index (χ4v) is 1.72. The summed E-state index contributed by atoms with van der Waals surface area (Å²) in [6.45, 7) is 5.56. The van der Waals surface area contributed by atoms with Crippen LogP contribution in [0.15, 0.2) is 30.3 Å². The lowest BCUT2D eigenvalue weighted by atomic mass is 10.1. The minimum atomic E-state index is -0.598. The van der Waals surface area contributed by atoms with Gasteiger partial charge in [-0.25, -0.2) is 0 Å². The van der Waals surface area contributed by atoms with E-state index >= 15 is 0 Å². The number of anilines is 1. The van der Waals surface area contributed by atoms with Crippen molar-refractivity contribution in [1.29, 1.82) is 0 Å². The Kier molecular flexibility index (Phi) is 3.39. The van der Waals surface area contributed by atoms with Crippen LogP contribution < -0.4 is 5.32 Å². The number of hydrogen-bond donors (Lipinski definition) is 1. The maximum absolute atomic E-state index is 12.0. The van der Waals surface area contributed by atoms with Crippen molar-refractivity contribution in [3.63, 3.8) is 0 Å². The number of aromatic nitrogens is 1. The van der Waals surface area contributed by atoms with Crippen LogP contribution in [0.25, 0.3) is 10.9 Å². The molecule has 94 valence electrons. The molecule has 0 aliphatic rings. The van der Waals surface area contributed by atoms with Crippen molar-refractivity contribution in [3.05, 3.63) is 36.0 Å². The molecule has 0 bridgehead atoms. The Hall–Kier alpha value is -1.42. The molecule has 3 nitrogen and oxygen atoms in total. The summed E-state index contributed by atoms with van der Waals surface area (Å²) in [4.78, 5) is 16.5. The lowest BCUT2D eigenvalue weighted by Gasteiger charge is -2.16. The number of nitrogens with one attached hydrogen (secondary N) is 1. The Morgan fingerprint density at radius 3 is 2.67 bits per heavy atom. The molecule has 1 aromatic heterocycles. The van der Waals surface area contributed by atoms with Gasteiger partial charge in [0.1, 0.15) is 0 Å². The van der Waals surface area contributed by atoms with E-state index in [1.54, 1.807) is 0 Å². The molecule has 1 N–H and O–H groups in total. The summed E-state index contributed by atoms with van der Waals surface area (Å²) in [6, 6.07) is 9.73. The van der Waals surface area contributed by atoms with E-state index in [0.717, 1.165) is 22.3 Å². The van der Waals surface area contributed by atoms with E-state index in [2.05, 4.69) is 26.2 Å². The van der Waals surface area contributed by atoms with Gasteiger partial charge in [-0.05, 0) is 32.9 Å². The molecule has 0 fully saturated rings. The molecule has 2 rings (SSSR count). The molecule has 0 aliphatic carbocycles. The number of rotatable bonds is 2. The molecule has 0 unspecified atom stereocenters. The average molecular weight is 307 g/mol. The van der Waals surface area contributed by atoms with Gasteiger partial charge in [-0.2, -0.15) is 0 Å². The number of amides is 1. The number of carbonyl (C=O) groups excluding carboxylic acids is 1. The predicted molar refractivity (Wildman–Crippen MR) is 78.1 cm³/mol. The number of halogens is 1. The Bertz CT molecular complexity index is 602. The first-order valence-electron chi connectivity index (χ1n) is 5.75. The first-order valence-corrected chi connectivity index (χ1v) is 6.54. The molecule has 0 saturated carbocycles. The second kappa shape index (κ2) is 4.69. The normalized spacial score (nSPS) is 11.6. The van der Waals surface area contributed by atoms with Crippen LogP contribution in [0.2, 0.25) is 0 Å². The molecule has 0 saturated heterocycles. The third-order valence-corrected chi connectivity index (χ3v) is 3.01. The number of para-hydroxylation sites is 1. The second-order valence-corrected chi connectivity index (χ2v) is 6.74. The van der Waals surface area contributed by atoms with E-state index in [4.69, 9.17) is 0 Å². The van der Waals surface area contributed by atoms with Crippen molar-refractivity contribution in [2.75, 3.05) is 5.32 Å². The summed E-state index contributed by atoms with van der Waals surface area (Å²) in [5.74, 6) is -0.0849. The number of hydrogen-bond acceptors (Lipinski definition) is 2. The summed E-state index contributed by atoms with van der Waals surface area (Å²) in [5, 5.41) is 3.92. The highest BCUT2D eigenvalue weighted by Gasteiger charge is 2.24. The van der Waals surface area contributed by atoms with Crippen LogP contribution in [0.3, 0.4) is 0 Å². The first-order chi connectivity index (χ1) is 8.38. The monoisotopic (exact) mass is 306 g/mol. The molecule has 0 spiro atoms. The number of fused-ring (bicyclic) bond motifs is 1. The Labute approximate surface area is 115 Å². The molecule has 1 amide bonds. The van der Waals surface area contributed by atoms with Gasteiger partial charge < -0.3 is 5.32 Å². The van der Waals surface area contributed by atoms with Crippen LogP contribution >= 0.6 is 15.9 Å². The zero-order chi connectivity index (χ0) is 13.3. The van der Waals surface area contributed by atoms with Gasteiger partial charge in [-0.15, -0.1) is 0 Å². The highest BCUT2D eigenvalue weighted by molar-refractivity contribution is 9.10. The number of nitrogens with zero attached hydrogens (tertiary/aromatic N) is 1. The average Bonchev–Trinajstić information content (AvgIpc) is 2.28. The van der Waals surface area contributed by atoms with Crippen molar-refractivity contribution in [1.82, 2.24) is 4.98 Å². The molecular formula is C14H15BrN2O. The minimum Gasteiger partial charge on any atom is -0.323 e. The molecular weight excluding hydrogens is 292 g/mol. The molecule has 0 aliphatic heterocycles. The number of benzene rings is 1. The van der Waals surface area contributed by atoms with Crippen LogP contribution in [0.4, 0.5) is 5.69 Å². The maximum atomic E-state index is 12.0. The van der Waals surface area contributed by atoms with Crippen LogP contribution in [0, 0.1) is 6.92 Å². The molecule has 1 aromatic carbocycles. The number of pyridine rings is 1. The van der Waals surface area contributed by atoms with Crippen molar-refractivity contribution >= 4 is 38.4 Å². The summed E-state index contributed by atoms with van der Waals surface area (Å²) < 4.78 is -0.598. The van der Waals surface area contributed by atoms with Gasteiger partial charge >= 0.3 is 0 Å². The standard InChI is InChI=1S/C14H15BrN2O/c1-9-7-8-10-5-4-6-11(12(10)16-9)17-13(18)14(2,3)15/h4-8H,1-3H3,(H,17,18). The quantitative estimate of drug-likeness (QED) is 0.860. The van der Waals surface area contributed by atoms with Crippen molar-refractivity contribution in [2.45, 2.75) is 25.1 Å². The van der Waals surface area contributed by atoms with Crippen molar-refractivity contribution < 1.29 is 4.79 Å². The summed E-state index contributed by atoms with van der Waals surface area (Å²) in [6.07, 6.45) is 0. The zero-order valence-electron chi connectivity index (χ0n) is 10.6. The van der Waals surface area contributed by atoms with Crippen molar-refractivity contribution in [3.8, 4) is 0 Å². The van der Waals surface area contributed by atoms with Gasteiger partial charge in [0.05, 0.1) is 15.5 Å². The molecule has 18 heavy (non-hydrogen) atoms. The molecule has 4 heteroatoms. The van der Waals surface area contributed by atoms with E-state index in [9.17, 15) is 4.79 Å². The fourth-order valence-electron chi connectivity index (χ4n) is 1.62. The molecule has 0 atom stereocenters. The summed E-state index contributed by atoms with van der Waals surface area (Å²) in [7, 11) is 0. The summed E-state index contributed by atoms with van der Waals surface area (Å²) in [5.41, 5.74) is 2.50. The highest BCUT2D eigenvalue weighted by atomic mass is 79.9. The second-order valence-electron chi connectivity index (χ2n) is 4.76. The largest absolute Gasteiger partial charge is 0.323 e. The van der Waals surface area contributed by atoms with Crippen LogP contribution in [0.1, 0.15) is 19.5 Å². The highest BCUT2D eigenvalue weighted by Crippen LogP contribution is 2.24. The lowest BCUT2D eigenvalue weighted by molar-refractivity contribution is -0.117. The van der Waals surface area contributed by atoms with Gasteiger partial charge in [0.25, 0.3) is 0 Å². The van der Waals surface area contributed by atoms with Crippen molar-refractivity contribution in [2.24, 2.45) is 0 Å². The van der Waals surface area contributed by atoms with E-state index in [-0.39, 0.29) is 5.91 Å². The topological polar surface area (TPSA) is 42.0 Å². The lowest BCUT2D eigenvalue weighted by Crippen LogP contribution is -2.31. The van der Waals surface area contributed by atoms with Crippen LogP contribution in [0.5, 0.6) is 0 Å². The van der Waals surface area contributed by atoms with E-state index < -0.39 is 4.32 Å². The van der Waals surface area contributed by atoms with Gasteiger partial charge in [0, 0.05) is 11.1 Å². The van der Waals surface area contributed by atoms with Crippen LogP contribution in [-0.2, 0) is 4.79 Å². The number of alkyl halides is 1. The third-order valence-electron chi connectivity index (χ3n) is 2.65. The number of aryl methyl sites for hydroxylation is 1. The van der Waals surface area contributed by atoms with Gasteiger partial charge in [-0.3, -0.25) is 9.78 Å². The van der Waals surface area contributed by atoms with Gasteiger partial charge in [0.2, 0.25) is 5.91 Å². The molecule has 2 aromatic rings. The van der Waals surface area contributed by atoms with E-state index in [1.165, 1.54) is 0 Å². The minimum absolute atomic E-state index is 0.0849. The SMILES string of the molecule is Cc1ccc2cccc(NC(=O)C(C)(C)Br)c2n1. The maximum Gasteiger partial charge on any atom is 0.240 e. The fraction of sp³-hybridized carbons (Fsp3) is 0.286. The van der Waals surface area contributed by atoms with Gasteiger partial charge in [-0.1, -0.05) is 34.1 Å².